The fourth-order valence-electron chi connectivity index (χ4n) is 5.02. The Labute approximate surface area is 239 Å². The molecule has 0 spiro atoms. The van der Waals surface area contributed by atoms with Crippen molar-refractivity contribution < 1.29 is 9.00 Å². The molecule has 0 aliphatic carbocycles. The number of nitrogens with one attached hydrogen (secondary N) is 1. The number of rotatable bonds is 6. The van der Waals surface area contributed by atoms with Gasteiger partial charge < -0.3 is 16.0 Å². The zero-order chi connectivity index (χ0) is 27.6. The van der Waals surface area contributed by atoms with Crippen LogP contribution in [0.4, 0.5) is 11.6 Å². The van der Waals surface area contributed by atoms with Crippen LogP contribution in [0.3, 0.4) is 0 Å². The average molecular weight is 571 g/mol. The number of piperidine rings is 1. The molecule has 1 saturated heterocycles. The molecule has 2 aromatic heterocycles. The first kappa shape index (κ1) is 26.0. The maximum absolute atomic E-state index is 13.5. The number of carbonyl (C=O) groups is 1. The molecule has 1 amide bonds. The fraction of sp³-hybridized carbons (Fsp3) is 0.167. The standard InChI is InChI=1S/C30H27ClN6O2S/c31-26-17-33-30(34-22-7-6-16-36(18-22)29(38)20-12-14-21(32)15-13-20)35-28(26)25-19-37(27-11-5-4-10-24(25)27)40(39)23-8-2-1-3-9-23/h1-5,8-15,17,19,22H,6-7,16,18,32H2,(H,33,34,35). The number of carbonyl (C=O) groups excluding carboxylic acids is 1. The molecule has 0 saturated carbocycles. The van der Waals surface area contributed by atoms with Crippen LogP contribution in [0.2, 0.25) is 5.02 Å². The summed E-state index contributed by atoms with van der Waals surface area (Å²) in [6.07, 6.45) is 5.14. The molecule has 1 aliphatic heterocycles. The summed E-state index contributed by atoms with van der Waals surface area (Å²) in [6, 6.07) is 24.0. The van der Waals surface area contributed by atoms with E-state index in [0.29, 0.717) is 45.9 Å². The lowest BCUT2D eigenvalue weighted by Crippen LogP contribution is -2.45. The molecule has 1 aliphatic rings. The minimum absolute atomic E-state index is 0.0209. The molecule has 8 nitrogen and oxygen atoms in total. The highest BCUT2D eigenvalue weighted by Crippen LogP contribution is 2.35. The normalized spacial score (nSPS) is 16.1. The molecule has 1 fully saturated rings. The van der Waals surface area contributed by atoms with E-state index in [0.717, 1.165) is 29.3 Å². The van der Waals surface area contributed by atoms with Gasteiger partial charge in [0.15, 0.2) is 11.0 Å². The number of nitrogen functional groups attached to an aromatic ring is 1. The molecule has 40 heavy (non-hydrogen) atoms. The van der Waals surface area contributed by atoms with Gasteiger partial charge in [-0.05, 0) is 55.3 Å². The Morgan fingerprint density at radius 2 is 1.77 bits per heavy atom. The number of likely N-dealkylation sites (tertiary alicyclic amines) is 1. The molecule has 5 aromatic rings. The maximum atomic E-state index is 13.5. The summed E-state index contributed by atoms with van der Waals surface area (Å²) in [4.78, 5) is 24.8. The third-order valence-corrected chi connectivity index (χ3v) is 8.61. The van der Waals surface area contributed by atoms with E-state index in [-0.39, 0.29) is 11.9 Å². The first-order valence-corrected chi connectivity index (χ1v) is 14.5. The Morgan fingerprint density at radius 3 is 2.58 bits per heavy atom. The van der Waals surface area contributed by atoms with E-state index in [1.54, 1.807) is 34.4 Å². The number of nitrogens with zero attached hydrogens (tertiary/aromatic N) is 4. The molecule has 202 valence electrons. The topological polar surface area (TPSA) is 106 Å². The van der Waals surface area contributed by atoms with Crippen LogP contribution in [0, 0.1) is 0 Å². The van der Waals surface area contributed by atoms with Gasteiger partial charge in [0.05, 0.1) is 27.3 Å². The fourth-order valence-corrected chi connectivity index (χ4v) is 6.37. The number of halogens is 1. The Kier molecular flexibility index (Phi) is 7.23. The zero-order valence-electron chi connectivity index (χ0n) is 21.5. The maximum Gasteiger partial charge on any atom is 0.253 e. The minimum Gasteiger partial charge on any atom is -0.399 e. The summed E-state index contributed by atoms with van der Waals surface area (Å²) >= 11 is 6.62. The number of hydrogen-bond donors (Lipinski definition) is 2. The lowest BCUT2D eigenvalue weighted by molar-refractivity contribution is 0.0714. The first-order chi connectivity index (χ1) is 19.5. The van der Waals surface area contributed by atoms with E-state index in [1.165, 1.54) is 0 Å². The molecule has 2 unspecified atom stereocenters. The van der Waals surface area contributed by atoms with Crippen molar-refractivity contribution in [3.63, 3.8) is 0 Å². The van der Waals surface area contributed by atoms with Crippen molar-refractivity contribution in [1.82, 2.24) is 18.8 Å². The van der Waals surface area contributed by atoms with Crippen LogP contribution in [0.15, 0.2) is 96.2 Å². The number of aromatic nitrogens is 3. The first-order valence-electron chi connectivity index (χ1n) is 13.0. The second-order valence-corrected chi connectivity index (χ2v) is 11.5. The van der Waals surface area contributed by atoms with E-state index < -0.39 is 11.0 Å². The molecule has 10 heteroatoms. The van der Waals surface area contributed by atoms with E-state index in [9.17, 15) is 9.00 Å². The van der Waals surface area contributed by atoms with Crippen LogP contribution in [0.25, 0.3) is 22.2 Å². The van der Waals surface area contributed by atoms with Crippen molar-refractivity contribution in [1.29, 1.82) is 0 Å². The summed E-state index contributed by atoms with van der Waals surface area (Å²) in [7, 11) is -1.45. The van der Waals surface area contributed by atoms with Crippen molar-refractivity contribution in [2.75, 3.05) is 24.1 Å². The van der Waals surface area contributed by atoms with E-state index in [4.69, 9.17) is 22.3 Å². The van der Waals surface area contributed by atoms with E-state index in [2.05, 4.69) is 10.3 Å². The molecule has 6 rings (SSSR count). The number of anilines is 2. The third kappa shape index (κ3) is 5.17. The van der Waals surface area contributed by atoms with Gasteiger partial charge in [0.25, 0.3) is 5.91 Å². The molecule has 3 heterocycles. The third-order valence-electron chi connectivity index (χ3n) is 7.00. The van der Waals surface area contributed by atoms with Crippen LogP contribution < -0.4 is 11.1 Å². The van der Waals surface area contributed by atoms with Gasteiger partial charge in [0, 0.05) is 47.5 Å². The van der Waals surface area contributed by atoms with Crippen LogP contribution in [0.5, 0.6) is 0 Å². The second-order valence-electron chi connectivity index (χ2n) is 9.69. The molecule has 0 radical (unpaired) electrons. The van der Waals surface area contributed by atoms with Crippen molar-refractivity contribution in [2.24, 2.45) is 0 Å². The average Bonchev–Trinajstić information content (AvgIpc) is 3.38. The highest BCUT2D eigenvalue weighted by Gasteiger charge is 2.26. The van der Waals surface area contributed by atoms with Gasteiger partial charge in [-0.2, -0.15) is 0 Å². The minimum atomic E-state index is -1.45. The Bertz CT molecular complexity index is 1710. The number of nitrogens with two attached hydrogens (primary N) is 1. The second kappa shape index (κ2) is 11.1. The monoisotopic (exact) mass is 570 g/mol. The van der Waals surface area contributed by atoms with Crippen LogP contribution in [-0.2, 0) is 11.0 Å². The largest absolute Gasteiger partial charge is 0.399 e. The highest BCUT2D eigenvalue weighted by atomic mass is 35.5. The van der Waals surface area contributed by atoms with Gasteiger partial charge in [-0.3, -0.25) is 8.77 Å². The summed E-state index contributed by atoms with van der Waals surface area (Å²) in [5.41, 5.74) is 9.14. The van der Waals surface area contributed by atoms with E-state index in [1.807, 2.05) is 65.7 Å². The zero-order valence-corrected chi connectivity index (χ0v) is 23.1. The van der Waals surface area contributed by atoms with Crippen molar-refractivity contribution in [2.45, 2.75) is 23.8 Å². The lowest BCUT2D eigenvalue weighted by Gasteiger charge is -2.33. The summed E-state index contributed by atoms with van der Waals surface area (Å²) in [5.74, 6) is 0.399. The van der Waals surface area contributed by atoms with Gasteiger partial charge in [-0.25, -0.2) is 14.2 Å². The van der Waals surface area contributed by atoms with Gasteiger partial charge in [-0.1, -0.05) is 48.0 Å². The molecule has 0 bridgehead atoms. The van der Waals surface area contributed by atoms with Gasteiger partial charge in [0.1, 0.15) is 0 Å². The van der Waals surface area contributed by atoms with E-state index >= 15 is 0 Å². The number of benzene rings is 3. The smallest absolute Gasteiger partial charge is 0.253 e. The Hall–Kier alpha value is -4.21. The molecule has 3 aromatic carbocycles. The van der Waals surface area contributed by atoms with Gasteiger partial charge in [0.2, 0.25) is 5.95 Å². The number of amides is 1. The van der Waals surface area contributed by atoms with Crippen LogP contribution in [-0.4, -0.2) is 48.1 Å². The van der Waals surface area contributed by atoms with Gasteiger partial charge >= 0.3 is 0 Å². The summed E-state index contributed by atoms with van der Waals surface area (Å²) in [5, 5.41) is 4.68. The Balaban J connectivity index is 1.27. The van der Waals surface area contributed by atoms with Crippen molar-refractivity contribution >= 4 is 51.0 Å². The van der Waals surface area contributed by atoms with Crippen molar-refractivity contribution in [3.05, 3.63) is 102 Å². The predicted octanol–water partition coefficient (Wildman–Crippen LogP) is 5.62. The quantitative estimate of drug-likeness (QED) is 0.257. The summed E-state index contributed by atoms with van der Waals surface area (Å²) < 4.78 is 15.2. The van der Waals surface area contributed by atoms with Gasteiger partial charge in [-0.15, -0.1) is 0 Å². The lowest BCUT2D eigenvalue weighted by atomic mass is 10.0. The van der Waals surface area contributed by atoms with Crippen LogP contribution in [0.1, 0.15) is 23.2 Å². The highest BCUT2D eigenvalue weighted by molar-refractivity contribution is 7.83. The molecular weight excluding hydrogens is 544 g/mol. The van der Waals surface area contributed by atoms with Crippen molar-refractivity contribution in [3.8, 4) is 11.3 Å². The Morgan fingerprint density at radius 1 is 1.02 bits per heavy atom. The SMILES string of the molecule is Nc1ccc(C(=O)N2CCCC(Nc3ncc(Cl)c(-c4cn(S(=O)c5ccccc5)c5ccccc45)n3)C2)cc1. The van der Waals surface area contributed by atoms with Crippen LogP contribution >= 0.6 is 11.6 Å². The number of hydrogen-bond acceptors (Lipinski definition) is 6. The summed E-state index contributed by atoms with van der Waals surface area (Å²) in [6.45, 7) is 1.21. The number of fused-ring (bicyclic) bond motifs is 1. The predicted molar refractivity (Wildman–Crippen MR) is 160 cm³/mol. The number of para-hydroxylation sites is 1. The molecule has 3 N–H and O–H groups in total. The molecule has 2 atom stereocenters. The molecular formula is C30H27ClN6O2S.